The second-order valence-corrected chi connectivity index (χ2v) is 4.94. The molecular weight excluding hydrogens is 272 g/mol. The van der Waals surface area contributed by atoms with Crippen LogP contribution in [0.25, 0.3) is 0 Å². The second kappa shape index (κ2) is 5.92. The Labute approximate surface area is 121 Å². The zero-order valence-corrected chi connectivity index (χ0v) is 11.5. The van der Waals surface area contributed by atoms with Crippen LogP contribution in [-0.2, 0) is 13.1 Å². The molecule has 1 aliphatic heterocycles. The van der Waals surface area contributed by atoms with E-state index in [9.17, 15) is 10.1 Å². The summed E-state index contributed by atoms with van der Waals surface area (Å²) in [5.74, 6) is -0.165. The summed E-state index contributed by atoms with van der Waals surface area (Å²) >= 11 is 0. The molecular formula is C14H16N4O3. The number of hydrogen-bond donors (Lipinski definition) is 0. The molecule has 0 aliphatic carbocycles. The van der Waals surface area contributed by atoms with Crippen LogP contribution in [0.15, 0.2) is 36.5 Å². The fourth-order valence-electron chi connectivity index (χ4n) is 2.38. The van der Waals surface area contributed by atoms with Gasteiger partial charge in [-0.2, -0.15) is 0 Å². The van der Waals surface area contributed by atoms with E-state index in [1.165, 1.54) is 11.8 Å². The molecule has 0 unspecified atom stereocenters. The topological polar surface area (TPSA) is 73.4 Å². The zero-order valence-electron chi connectivity index (χ0n) is 11.5. The molecule has 2 aromatic rings. The maximum Gasteiger partial charge on any atom is 0.414 e. The fraction of sp³-hybridized carbons (Fsp3) is 0.357. The summed E-state index contributed by atoms with van der Waals surface area (Å²) in [6.45, 7) is 3.52. The van der Waals surface area contributed by atoms with Crippen LogP contribution < -0.4 is 4.74 Å². The van der Waals surface area contributed by atoms with E-state index >= 15 is 0 Å². The van der Waals surface area contributed by atoms with Crippen molar-refractivity contribution in [3.05, 3.63) is 52.2 Å². The molecule has 21 heavy (non-hydrogen) atoms. The Morgan fingerprint density at radius 1 is 1.24 bits per heavy atom. The molecule has 0 fully saturated rings. The number of benzene rings is 1. The van der Waals surface area contributed by atoms with E-state index in [1.54, 1.807) is 4.57 Å². The lowest BCUT2D eigenvalue weighted by molar-refractivity contribution is -0.389. The van der Waals surface area contributed by atoms with Crippen LogP contribution in [0.2, 0.25) is 0 Å². The highest BCUT2D eigenvalue weighted by Crippen LogP contribution is 2.19. The Hall–Kier alpha value is -2.41. The molecule has 110 valence electrons. The van der Waals surface area contributed by atoms with E-state index in [-0.39, 0.29) is 5.82 Å². The van der Waals surface area contributed by atoms with Gasteiger partial charge in [0, 0.05) is 31.2 Å². The third-order valence-corrected chi connectivity index (χ3v) is 3.46. The minimum Gasteiger partial charge on any atom is -0.444 e. The average molecular weight is 288 g/mol. The minimum atomic E-state index is -0.497. The smallest absolute Gasteiger partial charge is 0.414 e. The Bertz CT molecular complexity index is 626. The molecule has 3 rings (SSSR count). The van der Waals surface area contributed by atoms with Crippen LogP contribution >= 0.6 is 0 Å². The molecule has 0 atom stereocenters. The van der Waals surface area contributed by atoms with Gasteiger partial charge in [0.05, 0.1) is 0 Å². The van der Waals surface area contributed by atoms with Crippen LogP contribution in [0.3, 0.4) is 0 Å². The van der Waals surface area contributed by atoms with Gasteiger partial charge >= 0.3 is 11.8 Å². The Morgan fingerprint density at radius 3 is 2.81 bits per heavy atom. The van der Waals surface area contributed by atoms with E-state index < -0.39 is 4.92 Å². The van der Waals surface area contributed by atoms with Crippen molar-refractivity contribution < 1.29 is 9.66 Å². The lowest BCUT2D eigenvalue weighted by Crippen LogP contribution is -2.33. The SMILES string of the molecule is O=[N+]([O-])c1cn2c(n1)OCCN(Cc1ccccc1)CC2. The van der Waals surface area contributed by atoms with Gasteiger partial charge in [0.2, 0.25) is 0 Å². The fourth-order valence-corrected chi connectivity index (χ4v) is 2.38. The summed E-state index contributed by atoms with van der Waals surface area (Å²) in [5, 5.41) is 10.8. The standard InChI is InChI=1S/C14H16N4O3/c19-18(20)13-11-17-7-6-16(8-9-21-14(17)15-13)10-12-4-2-1-3-5-12/h1-5,11H,6-10H2. The van der Waals surface area contributed by atoms with Gasteiger partial charge < -0.3 is 14.9 Å². The van der Waals surface area contributed by atoms with Crippen molar-refractivity contribution in [2.45, 2.75) is 13.1 Å². The van der Waals surface area contributed by atoms with Crippen LogP contribution in [0.4, 0.5) is 5.82 Å². The van der Waals surface area contributed by atoms with Gasteiger partial charge in [0.25, 0.3) is 0 Å². The monoisotopic (exact) mass is 288 g/mol. The van der Waals surface area contributed by atoms with Gasteiger partial charge in [-0.05, 0) is 10.5 Å². The molecule has 0 saturated carbocycles. The lowest BCUT2D eigenvalue weighted by Gasteiger charge is -2.24. The highest BCUT2D eigenvalue weighted by molar-refractivity contribution is 5.21. The average Bonchev–Trinajstić information content (AvgIpc) is 2.86. The van der Waals surface area contributed by atoms with Crippen LogP contribution in [0.1, 0.15) is 5.56 Å². The first kappa shape index (κ1) is 13.6. The van der Waals surface area contributed by atoms with Gasteiger partial charge in [0.15, 0.2) is 0 Å². The highest BCUT2D eigenvalue weighted by atomic mass is 16.6. The minimum absolute atomic E-state index is 0.165. The molecule has 1 aromatic carbocycles. The molecule has 1 aliphatic rings. The van der Waals surface area contributed by atoms with Crippen LogP contribution in [-0.4, -0.2) is 39.1 Å². The summed E-state index contributed by atoms with van der Waals surface area (Å²) in [5.41, 5.74) is 1.25. The normalized spacial score (nSPS) is 15.6. The van der Waals surface area contributed by atoms with E-state index in [0.29, 0.717) is 19.2 Å². The molecule has 7 heteroatoms. The lowest BCUT2D eigenvalue weighted by atomic mass is 10.2. The van der Waals surface area contributed by atoms with E-state index in [1.807, 2.05) is 18.2 Å². The second-order valence-electron chi connectivity index (χ2n) is 4.94. The molecule has 0 saturated heterocycles. The van der Waals surface area contributed by atoms with Crippen LogP contribution in [0.5, 0.6) is 6.01 Å². The number of aromatic nitrogens is 2. The summed E-state index contributed by atoms with van der Waals surface area (Å²) in [6, 6.07) is 10.6. The molecule has 2 heterocycles. The Kier molecular flexibility index (Phi) is 3.83. The van der Waals surface area contributed by atoms with Gasteiger partial charge in [-0.15, -0.1) is 0 Å². The van der Waals surface area contributed by atoms with Crippen molar-refractivity contribution in [3.63, 3.8) is 0 Å². The van der Waals surface area contributed by atoms with Crippen molar-refractivity contribution in [3.8, 4) is 6.01 Å². The third-order valence-electron chi connectivity index (χ3n) is 3.46. The zero-order chi connectivity index (χ0) is 14.7. The first-order valence-corrected chi connectivity index (χ1v) is 6.83. The Balaban J connectivity index is 1.69. The maximum atomic E-state index is 10.8. The van der Waals surface area contributed by atoms with Gasteiger partial charge in [-0.3, -0.25) is 9.47 Å². The van der Waals surface area contributed by atoms with Crippen molar-refractivity contribution in [1.29, 1.82) is 0 Å². The van der Waals surface area contributed by atoms with Gasteiger partial charge in [-0.25, -0.2) is 0 Å². The van der Waals surface area contributed by atoms with Crippen molar-refractivity contribution in [1.82, 2.24) is 14.5 Å². The molecule has 0 amide bonds. The molecule has 0 radical (unpaired) electrons. The number of nitro groups is 1. The molecule has 1 aromatic heterocycles. The molecule has 0 N–H and O–H groups in total. The summed E-state index contributed by atoms with van der Waals surface area (Å²) in [4.78, 5) is 16.4. The predicted octanol–water partition coefficient (Wildman–Crippen LogP) is 1.69. The maximum absolute atomic E-state index is 10.8. The molecule has 7 nitrogen and oxygen atoms in total. The van der Waals surface area contributed by atoms with E-state index in [4.69, 9.17) is 4.74 Å². The van der Waals surface area contributed by atoms with Crippen molar-refractivity contribution in [2.24, 2.45) is 0 Å². The Morgan fingerprint density at radius 2 is 2.05 bits per heavy atom. The summed E-state index contributed by atoms with van der Waals surface area (Å²) < 4.78 is 7.24. The predicted molar refractivity (Wildman–Crippen MR) is 76.1 cm³/mol. The highest BCUT2D eigenvalue weighted by Gasteiger charge is 2.22. The third kappa shape index (κ3) is 3.19. The number of imidazole rings is 1. The molecule has 0 bridgehead atoms. The number of fused-ring (bicyclic) bond motifs is 1. The molecule has 0 spiro atoms. The number of rotatable bonds is 3. The number of hydrogen-bond acceptors (Lipinski definition) is 5. The van der Waals surface area contributed by atoms with Crippen molar-refractivity contribution >= 4 is 5.82 Å². The first-order chi connectivity index (χ1) is 10.2. The van der Waals surface area contributed by atoms with Gasteiger partial charge in [-0.1, -0.05) is 30.3 Å². The van der Waals surface area contributed by atoms with Crippen LogP contribution in [0, 0.1) is 10.1 Å². The number of ether oxygens (including phenoxy) is 1. The van der Waals surface area contributed by atoms with Gasteiger partial charge in [0.1, 0.15) is 12.8 Å². The summed E-state index contributed by atoms with van der Waals surface area (Å²) in [7, 11) is 0. The summed E-state index contributed by atoms with van der Waals surface area (Å²) in [6.07, 6.45) is 1.43. The quantitative estimate of drug-likeness (QED) is 0.634. The van der Waals surface area contributed by atoms with Crippen molar-refractivity contribution in [2.75, 3.05) is 19.7 Å². The largest absolute Gasteiger partial charge is 0.444 e. The van der Waals surface area contributed by atoms with E-state index in [0.717, 1.165) is 19.6 Å². The van der Waals surface area contributed by atoms with E-state index in [2.05, 4.69) is 22.0 Å². The first-order valence-electron chi connectivity index (χ1n) is 6.83. The number of nitrogens with zero attached hydrogens (tertiary/aromatic N) is 4.